The number of hydrogen-bond acceptors (Lipinski definition) is 5. The van der Waals surface area contributed by atoms with Gasteiger partial charge in [-0.25, -0.2) is 13.2 Å². The maximum atomic E-state index is 13.1. The van der Waals surface area contributed by atoms with E-state index >= 15 is 0 Å². The molecule has 0 bridgehead atoms. The number of esters is 1. The summed E-state index contributed by atoms with van der Waals surface area (Å²) in [6.45, 7) is 4.05. The van der Waals surface area contributed by atoms with Gasteiger partial charge in [0.25, 0.3) is 5.91 Å². The van der Waals surface area contributed by atoms with Crippen LogP contribution in [0.1, 0.15) is 35.7 Å². The van der Waals surface area contributed by atoms with E-state index in [4.69, 9.17) is 27.9 Å². The fraction of sp³-hybridized carbons (Fsp3) is 0.364. The van der Waals surface area contributed by atoms with Crippen LogP contribution in [-0.4, -0.2) is 44.3 Å². The summed E-state index contributed by atoms with van der Waals surface area (Å²) in [5.74, 6) is -1.12. The number of carbonyl (C=O) groups is 2. The molecule has 1 amide bonds. The zero-order valence-corrected chi connectivity index (χ0v) is 20.1. The maximum absolute atomic E-state index is 13.1. The molecule has 7 nitrogen and oxygen atoms in total. The lowest BCUT2D eigenvalue weighted by Gasteiger charge is -2.30. The van der Waals surface area contributed by atoms with Crippen molar-refractivity contribution >= 4 is 50.8 Å². The summed E-state index contributed by atoms with van der Waals surface area (Å²) in [6, 6.07) is 8.88. The molecule has 0 saturated carbocycles. The third kappa shape index (κ3) is 5.81. The van der Waals surface area contributed by atoms with E-state index in [1.165, 1.54) is 22.5 Å². The highest BCUT2D eigenvalue weighted by molar-refractivity contribution is 7.89. The van der Waals surface area contributed by atoms with Crippen molar-refractivity contribution in [2.75, 3.05) is 25.0 Å². The van der Waals surface area contributed by atoms with E-state index in [9.17, 15) is 18.0 Å². The first-order chi connectivity index (χ1) is 15.1. The van der Waals surface area contributed by atoms with Gasteiger partial charge in [-0.15, -0.1) is 0 Å². The number of nitrogens with one attached hydrogen (secondary N) is 1. The zero-order chi connectivity index (χ0) is 23.5. The van der Waals surface area contributed by atoms with Crippen molar-refractivity contribution in [1.29, 1.82) is 0 Å². The van der Waals surface area contributed by atoms with Crippen molar-refractivity contribution in [2.24, 2.45) is 5.92 Å². The Balaban J connectivity index is 1.69. The Kier molecular flexibility index (Phi) is 7.82. The summed E-state index contributed by atoms with van der Waals surface area (Å²) in [5, 5.41) is 3.20. The molecule has 2 aromatic carbocycles. The highest BCUT2D eigenvalue weighted by Gasteiger charge is 2.31. The van der Waals surface area contributed by atoms with Crippen LogP contribution in [0.25, 0.3) is 0 Å². The van der Waals surface area contributed by atoms with E-state index in [-0.39, 0.29) is 21.4 Å². The Morgan fingerprint density at radius 3 is 2.62 bits per heavy atom. The number of halogens is 2. The van der Waals surface area contributed by atoms with Crippen LogP contribution in [0.5, 0.6) is 0 Å². The van der Waals surface area contributed by atoms with Crippen LogP contribution in [-0.2, 0) is 19.6 Å². The average Bonchev–Trinajstić information content (AvgIpc) is 2.74. The van der Waals surface area contributed by atoms with Gasteiger partial charge in [-0.2, -0.15) is 4.31 Å². The van der Waals surface area contributed by atoms with E-state index in [0.29, 0.717) is 23.8 Å². The van der Waals surface area contributed by atoms with Gasteiger partial charge in [0, 0.05) is 23.8 Å². The molecule has 0 spiro atoms. The number of amides is 1. The maximum Gasteiger partial charge on any atom is 0.338 e. The lowest BCUT2D eigenvalue weighted by atomic mass is 10.0. The van der Waals surface area contributed by atoms with E-state index in [1.807, 2.05) is 6.92 Å². The molecule has 1 fully saturated rings. The fourth-order valence-electron chi connectivity index (χ4n) is 3.50. The fourth-order valence-corrected chi connectivity index (χ4v) is 5.83. The molecule has 0 aliphatic carbocycles. The Bertz CT molecular complexity index is 1140. The van der Waals surface area contributed by atoms with Gasteiger partial charge in [0.2, 0.25) is 10.0 Å². The van der Waals surface area contributed by atoms with Crippen LogP contribution >= 0.6 is 23.2 Å². The van der Waals surface area contributed by atoms with Crippen molar-refractivity contribution in [3.8, 4) is 0 Å². The normalized spacial score (nSPS) is 17.1. The number of aryl methyl sites for hydroxylation is 1. The first kappa shape index (κ1) is 24.5. The largest absolute Gasteiger partial charge is 0.452 e. The first-order valence-corrected chi connectivity index (χ1v) is 12.3. The van der Waals surface area contributed by atoms with Crippen molar-refractivity contribution < 1.29 is 22.7 Å². The molecular weight excluding hydrogens is 475 g/mol. The summed E-state index contributed by atoms with van der Waals surface area (Å²) in [4.78, 5) is 24.5. The standard InChI is InChI=1S/C22H24Cl2N2O5S/c1-14-4-3-9-26(12-14)32(29,30)20-11-16(5-7-18(20)24)22(28)31-13-21(27)25-19-8-6-17(23)10-15(19)2/h5-8,10-11,14H,3-4,9,12-13H2,1-2H3,(H,25,27). The molecule has 10 heteroatoms. The Labute approximate surface area is 197 Å². The van der Waals surface area contributed by atoms with E-state index in [2.05, 4.69) is 5.32 Å². The van der Waals surface area contributed by atoms with Crippen LogP contribution in [0.3, 0.4) is 0 Å². The molecule has 2 aromatic rings. The molecule has 0 aromatic heterocycles. The molecule has 1 aliphatic heterocycles. The van der Waals surface area contributed by atoms with Crippen molar-refractivity contribution in [2.45, 2.75) is 31.6 Å². The van der Waals surface area contributed by atoms with Gasteiger partial charge in [0.15, 0.2) is 6.61 Å². The summed E-state index contributed by atoms with van der Waals surface area (Å²) in [7, 11) is -3.86. The second kappa shape index (κ2) is 10.2. The number of anilines is 1. The van der Waals surface area contributed by atoms with Gasteiger partial charge >= 0.3 is 5.97 Å². The lowest BCUT2D eigenvalue weighted by Crippen LogP contribution is -2.39. The number of carbonyl (C=O) groups excluding carboxylic acids is 2. The van der Waals surface area contributed by atoms with Crippen LogP contribution in [0.15, 0.2) is 41.3 Å². The Hall–Kier alpha value is -2.13. The second-order valence-corrected chi connectivity index (χ2v) is 10.6. The van der Waals surface area contributed by atoms with Gasteiger partial charge in [-0.3, -0.25) is 4.79 Å². The number of piperidine rings is 1. The number of sulfonamides is 1. The van der Waals surface area contributed by atoms with E-state index in [1.54, 1.807) is 25.1 Å². The average molecular weight is 499 g/mol. The molecule has 0 radical (unpaired) electrons. The molecule has 1 saturated heterocycles. The quantitative estimate of drug-likeness (QED) is 0.591. The summed E-state index contributed by atoms with van der Waals surface area (Å²) in [6.07, 6.45) is 1.73. The third-order valence-electron chi connectivity index (χ3n) is 5.20. The highest BCUT2D eigenvalue weighted by atomic mass is 35.5. The van der Waals surface area contributed by atoms with Gasteiger partial charge in [-0.1, -0.05) is 30.1 Å². The van der Waals surface area contributed by atoms with Gasteiger partial charge < -0.3 is 10.1 Å². The summed E-state index contributed by atoms with van der Waals surface area (Å²) < 4.78 is 32.6. The van der Waals surface area contributed by atoms with Crippen molar-refractivity contribution in [3.05, 3.63) is 57.6 Å². The Morgan fingerprint density at radius 2 is 1.94 bits per heavy atom. The topological polar surface area (TPSA) is 92.8 Å². The molecule has 32 heavy (non-hydrogen) atoms. The van der Waals surface area contributed by atoms with E-state index in [0.717, 1.165) is 18.4 Å². The molecule has 1 N–H and O–H groups in total. The minimum Gasteiger partial charge on any atom is -0.452 e. The van der Waals surface area contributed by atoms with Gasteiger partial charge in [0.1, 0.15) is 4.90 Å². The van der Waals surface area contributed by atoms with Gasteiger partial charge in [0.05, 0.1) is 10.6 Å². The minimum absolute atomic E-state index is 0.00601. The molecule has 1 unspecified atom stereocenters. The number of rotatable bonds is 6. The van der Waals surface area contributed by atoms with Crippen LogP contribution < -0.4 is 5.32 Å². The summed E-state index contributed by atoms with van der Waals surface area (Å²) >= 11 is 12.1. The van der Waals surface area contributed by atoms with Crippen molar-refractivity contribution in [3.63, 3.8) is 0 Å². The lowest BCUT2D eigenvalue weighted by molar-refractivity contribution is -0.119. The SMILES string of the molecule is Cc1cc(Cl)ccc1NC(=O)COC(=O)c1ccc(Cl)c(S(=O)(=O)N2CCCC(C)C2)c1. The second-order valence-electron chi connectivity index (χ2n) is 7.84. The molecule has 172 valence electrons. The zero-order valence-electron chi connectivity index (χ0n) is 17.7. The smallest absolute Gasteiger partial charge is 0.338 e. The molecule has 1 aliphatic rings. The predicted octanol–water partition coefficient (Wildman–Crippen LogP) is 4.52. The number of benzene rings is 2. The molecular formula is C22H24Cl2N2O5S. The van der Waals surface area contributed by atoms with Gasteiger partial charge in [-0.05, 0) is 67.6 Å². The minimum atomic E-state index is -3.86. The van der Waals surface area contributed by atoms with Crippen LogP contribution in [0.2, 0.25) is 10.0 Å². The predicted molar refractivity (Wildman–Crippen MR) is 124 cm³/mol. The van der Waals surface area contributed by atoms with Crippen LogP contribution in [0, 0.1) is 12.8 Å². The Morgan fingerprint density at radius 1 is 1.19 bits per heavy atom. The number of hydrogen-bond donors (Lipinski definition) is 1. The first-order valence-electron chi connectivity index (χ1n) is 10.1. The summed E-state index contributed by atoms with van der Waals surface area (Å²) in [5.41, 5.74) is 1.30. The molecule has 1 heterocycles. The third-order valence-corrected chi connectivity index (χ3v) is 7.78. The monoisotopic (exact) mass is 498 g/mol. The van der Waals surface area contributed by atoms with Crippen LogP contribution in [0.4, 0.5) is 5.69 Å². The van der Waals surface area contributed by atoms with Crippen molar-refractivity contribution in [1.82, 2.24) is 4.31 Å². The molecule has 1 atom stereocenters. The number of ether oxygens (including phenoxy) is 1. The number of nitrogens with zero attached hydrogens (tertiary/aromatic N) is 1. The highest BCUT2D eigenvalue weighted by Crippen LogP contribution is 2.29. The molecule has 3 rings (SSSR count). The van der Waals surface area contributed by atoms with E-state index < -0.39 is 28.5 Å².